The third-order valence-corrected chi connectivity index (χ3v) is 2.12. The fourth-order valence-corrected chi connectivity index (χ4v) is 1.45. The molecule has 0 bridgehead atoms. The quantitative estimate of drug-likeness (QED) is 0.588. The van der Waals surface area contributed by atoms with Crippen LogP contribution >= 0.6 is 0 Å². The molecule has 0 fully saturated rings. The van der Waals surface area contributed by atoms with Crippen LogP contribution in [0.25, 0.3) is 0 Å². The molecule has 0 aliphatic heterocycles. The topological polar surface area (TPSA) is 84.6 Å². The first kappa shape index (κ1) is 11.3. The van der Waals surface area contributed by atoms with Gasteiger partial charge in [-0.05, 0) is 18.6 Å². The van der Waals surface area contributed by atoms with Crippen molar-refractivity contribution < 1.29 is 14.9 Å². The molecule has 1 rings (SSSR count). The van der Waals surface area contributed by atoms with Gasteiger partial charge in [0, 0.05) is 0 Å². The van der Waals surface area contributed by atoms with Crippen LogP contribution in [-0.2, 0) is 6.42 Å². The lowest BCUT2D eigenvalue weighted by Crippen LogP contribution is -2.02. The normalized spacial score (nSPS) is 9.80. The summed E-state index contributed by atoms with van der Waals surface area (Å²) in [5.74, 6) is 0.447. The van der Waals surface area contributed by atoms with E-state index in [1.54, 1.807) is 18.5 Å². The summed E-state index contributed by atoms with van der Waals surface area (Å²) in [6.07, 6.45) is 0.453. The van der Waals surface area contributed by atoms with E-state index in [1.165, 1.54) is 13.2 Å². The van der Waals surface area contributed by atoms with Crippen LogP contribution in [0.15, 0.2) is 12.1 Å². The van der Waals surface area contributed by atoms with Crippen molar-refractivity contribution in [2.24, 2.45) is 0 Å². The van der Waals surface area contributed by atoms with Crippen molar-refractivity contribution in [2.75, 3.05) is 12.6 Å². The molecular formula is C9H12N2O4. The number of hydrogen-bond donors (Lipinski definition) is 2. The van der Waals surface area contributed by atoms with Gasteiger partial charge in [-0.25, -0.2) is 0 Å². The first-order valence-corrected chi connectivity index (χ1v) is 4.40. The second-order valence-corrected chi connectivity index (χ2v) is 2.87. The van der Waals surface area contributed by atoms with E-state index in [4.69, 9.17) is 9.94 Å². The van der Waals surface area contributed by atoms with E-state index in [0.717, 1.165) is 0 Å². The third kappa shape index (κ3) is 1.99. The van der Waals surface area contributed by atoms with Gasteiger partial charge >= 0.3 is 5.69 Å². The minimum absolute atomic E-state index is 0.0673. The van der Waals surface area contributed by atoms with E-state index in [9.17, 15) is 10.1 Å². The molecule has 1 aromatic carbocycles. The smallest absolute Gasteiger partial charge is 0.301 e. The maximum absolute atomic E-state index is 10.8. The average Bonchev–Trinajstić information content (AvgIpc) is 2.26. The number of rotatable bonds is 4. The van der Waals surface area contributed by atoms with Crippen molar-refractivity contribution >= 4 is 11.4 Å². The molecule has 2 N–H and O–H groups in total. The zero-order valence-corrected chi connectivity index (χ0v) is 8.48. The first-order valence-electron chi connectivity index (χ1n) is 4.40. The average molecular weight is 212 g/mol. The zero-order chi connectivity index (χ0) is 11.4. The van der Waals surface area contributed by atoms with Crippen LogP contribution in [0.2, 0.25) is 0 Å². The largest absolute Gasteiger partial charge is 0.496 e. The van der Waals surface area contributed by atoms with E-state index in [0.29, 0.717) is 17.7 Å². The molecule has 0 spiro atoms. The van der Waals surface area contributed by atoms with Gasteiger partial charge in [0.05, 0.1) is 17.6 Å². The second-order valence-electron chi connectivity index (χ2n) is 2.87. The number of nitrogens with one attached hydrogen (secondary N) is 1. The number of anilines is 1. The molecule has 0 aromatic heterocycles. The van der Waals surface area contributed by atoms with Gasteiger partial charge in [0.1, 0.15) is 11.4 Å². The molecule has 6 heteroatoms. The number of hydrogen-bond acceptors (Lipinski definition) is 5. The molecule has 1 aromatic rings. The fourth-order valence-electron chi connectivity index (χ4n) is 1.45. The molecule has 0 aliphatic rings. The Balaban J connectivity index is 3.44. The Morgan fingerprint density at radius 1 is 1.60 bits per heavy atom. The van der Waals surface area contributed by atoms with Crippen LogP contribution in [0.4, 0.5) is 11.4 Å². The lowest BCUT2D eigenvalue weighted by molar-refractivity contribution is -0.384. The highest BCUT2D eigenvalue weighted by molar-refractivity contribution is 5.68. The zero-order valence-electron chi connectivity index (χ0n) is 8.48. The summed E-state index contributed by atoms with van der Waals surface area (Å²) in [5, 5.41) is 19.6. The highest BCUT2D eigenvalue weighted by atomic mass is 16.6. The molecule has 0 atom stereocenters. The second kappa shape index (κ2) is 4.61. The molecule has 0 radical (unpaired) electrons. The van der Waals surface area contributed by atoms with Crippen molar-refractivity contribution in [1.29, 1.82) is 0 Å². The van der Waals surface area contributed by atoms with Crippen LogP contribution < -0.4 is 10.2 Å². The van der Waals surface area contributed by atoms with Gasteiger partial charge in [-0.15, -0.1) is 0 Å². The molecular weight excluding hydrogens is 200 g/mol. The summed E-state index contributed by atoms with van der Waals surface area (Å²) in [6.45, 7) is 1.78. The maximum atomic E-state index is 10.8. The molecule has 15 heavy (non-hydrogen) atoms. The van der Waals surface area contributed by atoms with Gasteiger partial charge in [0.15, 0.2) is 0 Å². The number of ether oxygens (including phenoxy) is 1. The summed E-state index contributed by atoms with van der Waals surface area (Å²) in [5.41, 5.74) is 2.18. The summed E-state index contributed by atoms with van der Waals surface area (Å²) >= 11 is 0. The van der Waals surface area contributed by atoms with Crippen molar-refractivity contribution in [1.82, 2.24) is 0 Å². The molecule has 0 heterocycles. The standard InChI is InChI=1S/C9H12N2O4/c1-3-6-8(15-2)5-4-7(10-12)9(6)11(13)14/h4-5,10,12H,3H2,1-2H3. The van der Waals surface area contributed by atoms with Crippen molar-refractivity contribution in [3.63, 3.8) is 0 Å². The highest BCUT2D eigenvalue weighted by Crippen LogP contribution is 2.35. The summed E-state index contributed by atoms with van der Waals surface area (Å²) in [7, 11) is 1.45. The summed E-state index contributed by atoms with van der Waals surface area (Å²) in [4.78, 5) is 10.3. The van der Waals surface area contributed by atoms with E-state index < -0.39 is 4.92 Å². The van der Waals surface area contributed by atoms with Crippen LogP contribution in [0.3, 0.4) is 0 Å². The van der Waals surface area contributed by atoms with Gasteiger partial charge in [-0.1, -0.05) is 6.92 Å². The van der Waals surface area contributed by atoms with Crippen LogP contribution in [0.5, 0.6) is 5.75 Å². The Bertz CT molecular complexity index is 379. The molecule has 0 unspecified atom stereocenters. The highest BCUT2D eigenvalue weighted by Gasteiger charge is 2.22. The minimum Gasteiger partial charge on any atom is -0.496 e. The van der Waals surface area contributed by atoms with E-state index in [-0.39, 0.29) is 11.4 Å². The van der Waals surface area contributed by atoms with Gasteiger partial charge in [-0.3, -0.25) is 20.8 Å². The number of nitro groups is 1. The fraction of sp³-hybridized carbons (Fsp3) is 0.333. The minimum atomic E-state index is -0.542. The maximum Gasteiger partial charge on any atom is 0.301 e. The Hall–Kier alpha value is -1.82. The van der Waals surface area contributed by atoms with E-state index >= 15 is 0 Å². The monoisotopic (exact) mass is 212 g/mol. The van der Waals surface area contributed by atoms with Crippen molar-refractivity contribution in [3.05, 3.63) is 27.8 Å². The molecule has 6 nitrogen and oxygen atoms in total. The lowest BCUT2D eigenvalue weighted by atomic mass is 10.1. The number of nitro benzene ring substituents is 1. The van der Waals surface area contributed by atoms with Gasteiger partial charge in [0.2, 0.25) is 0 Å². The number of nitrogens with zero attached hydrogens (tertiary/aromatic N) is 1. The summed E-state index contributed by atoms with van der Waals surface area (Å²) in [6, 6.07) is 2.97. The van der Waals surface area contributed by atoms with Crippen LogP contribution in [-0.4, -0.2) is 17.2 Å². The van der Waals surface area contributed by atoms with E-state index in [2.05, 4.69) is 0 Å². The van der Waals surface area contributed by atoms with Gasteiger partial charge < -0.3 is 4.74 Å². The lowest BCUT2D eigenvalue weighted by Gasteiger charge is -2.09. The van der Waals surface area contributed by atoms with Gasteiger partial charge in [0.25, 0.3) is 0 Å². The molecule has 0 amide bonds. The SMILES string of the molecule is CCc1c(OC)ccc(NO)c1[N+](=O)[O-]. The van der Waals surface area contributed by atoms with Gasteiger partial charge in [-0.2, -0.15) is 0 Å². The molecule has 82 valence electrons. The Labute approximate surface area is 86.6 Å². The Morgan fingerprint density at radius 2 is 2.27 bits per heavy atom. The Morgan fingerprint density at radius 3 is 2.67 bits per heavy atom. The first-order chi connectivity index (χ1) is 7.15. The van der Waals surface area contributed by atoms with Crippen molar-refractivity contribution in [2.45, 2.75) is 13.3 Å². The van der Waals surface area contributed by atoms with Crippen LogP contribution in [0, 0.1) is 10.1 Å². The van der Waals surface area contributed by atoms with E-state index in [1.807, 2.05) is 0 Å². The summed E-state index contributed by atoms with van der Waals surface area (Å²) < 4.78 is 5.01. The number of benzene rings is 1. The predicted molar refractivity (Wildman–Crippen MR) is 54.4 cm³/mol. The van der Waals surface area contributed by atoms with Crippen molar-refractivity contribution in [3.8, 4) is 5.75 Å². The van der Waals surface area contributed by atoms with Crippen LogP contribution in [0.1, 0.15) is 12.5 Å². The number of methoxy groups -OCH3 is 1. The molecule has 0 saturated heterocycles. The molecule has 0 aliphatic carbocycles. The Kier molecular flexibility index (Phi) is 3.46. The third-order valence-electron chi connectivity index (χ3n) is 2.12. The molecule has 0 saturated carbocycles. The predicted octanol–water partition coefficient (Wildman–Crippen LogP) is 1.97.